The molecule has 6 heteroatoms. The molecular formula is C15H18FNO4. The minimum absolute atomic E-state index is 0.0187. The number of aryl methyl sites for hydroxylation is 1. The summed E-state index contributed by atoms with van der Waals surface area (Å²) in [4.78, 5) is 12.3. The van der Waals surface area contributed by atoms with Gasteiger partial charge in [0.25, 0.3) is 5.91 Å². The lowest BCUT2D eigenvalue weighted by molar-refractivity contribution is 0.0633. The molecule has 0 bridgehead atoms. The first-order chi connectivity index (χ1) is 9.98. The number of fused-ring (bicyclic) bond motifs is 1. The molecule has 2 aromatic rings. The second-order valence-electron chi connectivity index (χ2n) is 5.08. The van der Waals surface area contributed by atoms with Gasteiger partial charge >= 0.3 is 0 Å². The molecule has 0 radical (unpaired) electrons. The molecule has 21 heavy (non-hydrogen) atoms. The zero-order chi connectivity index (χ0) is 15.6. The summed E-state index contributed by atoms with van der Waals surface area (Å²) in [6.07, 6.45) is 0.347. The number of para-hydroxylation sites is 1. The van der Waals surface area contributed by atoms with Gasteiger partial charge < -0.3 is 19.9 Å². The number of nitrogens with one attached hydrogen (secondary N) is 1. The van der Waals surface area contributed by atoms with Gasteiger partial charge in [0, 0.05) is 10.9 Å². The Hall–Kier alpha value is -1.92. The lowest BCUT2D eigenvalue weighted by Gasteiger charge is -2.29. The molecule has 2 rings (SSSR count). The molecule has 0 atom stereocenters. The van der Waals surface area contributed by atoms with E-state index in [9.17, 15) is 19.4 Å². The normalized spacial score (nSPS) is 11.9. The first-order valence-corrected chi connectivity index (χ1v) is 6.70. The molecule has 0 saturated carbocycles. The Labute approximate surface area is 121 Å². The maximum absolute atomic E-state index is 13.7. The minimum atomic E-state index is -1.12. The maximum atomic E-state index is 13.7. The van der Waals surface area contributed by atoms with E-state index in [1.165, 1.54) is 6.07 Å². The average Bonchev–Trinajstić information content (AvgIpc) is 2.84. The lowest BCUT2D eigenvalue weighted by atomic mass is 9.98. The number of hydrogen-bond donors (Lipinski definition) is 3. The summed E-state index contributed by atoms with van der Waals surface area (Å²) in [5.74, 6) is -1.15. The number of furan rings is 1. The fraction of sp³-hybridized carbons (Fsp3) is 0.400. The van der Waals surface area contributed by atoms with Gasteiger partial charge in [-0.1, -0.05) is 19.1 Å². The maximum Gasteiger partial charge on any atom is 0.287 e. The number of carbonyl (C=O) groups excluding carboxylic acids is 1. The lowest BCUT2D eigenvalue weighted by Crippen LogP contribution is -2.53. The number of hydrogen-bond acceptors (Lipinski definition) is 4. The summed E-state index contributed by atoms with van der Waals surface area (Å²) < 4.78 is 19.0. The van der Waals surface area contributed by atoms with Crippen LogP contribution in [-0.4, -0.2) is 34.9 Å². The summed E-state index contributed by atoms with van der Waals surface area (Å²) in [5, 5.41) is 21.8. The molecule has 3 N–H and O–H groups in total. The van der Waals surface area contributed by atoms with Crippen molar-refractivity contribution in [1.82, 2.24) is 5.32 Å². The highest BCUT2D eigenvalue weighted by molar-refractivity contribution is 5.99. The number of halogens is 1. The second-order valence-corrected chi connectivity index (χ2v) is 5.08. The Morgan fingerprint density at radius 2 is 2.05 bits per heavy atom. The SMILES string of the molecule is CCC(CO)(CO)NC(=O)c1oc2c(F)cccc2c1C. The van der Waals surface area contributed by atoms with Crippen LogP contribution in [0.25, 0.3) is 11.0 Å². The molecule has 1 amide bonds. The van der Waals surface area contributed by atoms with E-state index in [-0.39, 0.29) is 11.3 Å². The van der Waals surface area contributed by atoms with E-state index in [0.29, 0.717) is 17.4 Å². The summed E-state index contributed by atoms with van der Waals surface area (Å²) in [5.41, 5.74) is -0.584. The van der Waals surface area contributed by atoms with Gasteiger partial charge in [-0.3, -0.25) is 4.79 Å². The summed E-state index contributed by atoms with van der Waals surface area (Å²) >= 11 is 0. The third kappa shape index (κ3) is 2.64. The molecule has 0 unspecified atom stereocenters. The molecular weight excluding hydrogens is 277 g/mol. The Morgan fingerprint density at radius 3 is 2.57 bits per heavy atom. The Bertz CT molecular complexity index is 653. The van der Waals surface area contributed by atoms with Crippen molar-refractivity contribution in [2.75, 3.05) is 13.2 Å². The summed E-state index contributed by atoms with van der Waals surface area (Å²) in [6.45, 7) is 2.59. The molecule has 0 spiro atoms. The zero-order valence-electron chi connectivity index (χ0n) is 11.9. The van der Waals surface area contributed by atoms with Gasteiger partial charge in [-0.05, 0) is 19.4 Å². The van der Waals surface area contributed by atoms with Crippen molar-refractivity contribution in [2.45, 2.75) is 25.8 Å². The molecule has 1 aromatic heterocycles. The van der Waals surface area contributed by atoms with E-state index in [1.54, 1.807) is 26.0 Å². The molecule has 1 heterocycles. The number of carbonyl (C=O) groups is 1. The first-order valence-electron chi connectivity index (χ1n) is 6.70. The Balaban J connectivity index is 2.40. The van der Waals surface area contributed by atoms with E-state index >= 15 is 0 Å². The molecule has 0 aliphatic heterocycles. The quantitative estimate of drug-likeness (QED) is 0.784. The Morgan fingerprint density at radius 1 is 1.38 bits per heavy atom. The van der Waals surface area contributed by atoms with Crippen molar-refractivity contribution >= 4 is 16.9 Å². The molecule has 0 saturated heterocycles. The van der Waals surface area contributed by atoms with Gasteiger partial charge in [-0.15, -0.1) is 0 Å². The highest BCUT2D eigenvalue weighted by Gasteiger charge is 2.31. The van der Waals surface area contributed by atoms with E-state index in [2.05, 4.69) is 5.32 Å². The van der Waals surface area contributed by atoms with Crippen LogP contribution in [0.3, 0.4) is 0 Å². The monoisotopic (exact) mass is 295 g/mol. The van der Waals surface area contributed by atoms with E-state index in [1.807, 2.05) is 0 Å². The Kier molecular flexibility index (Phi) is 4.29. The van der Waals surface area contributed by atoms with Gasteiger partial charge in [0.15, 0.2) is 17.2 Å². The highest BCUT2D eigenvalue weighted by atomic mass is 19.1. The van der Waals surface area contributed by atoms with E-state index < -0.39 is 30.5 Å². The first kappa shape index (κ1) is 15.5. The van der Waals surface area contributed by atoms with Crippen LogP contribution in [0.2, 0.25) is 0 Å². The predicted octanol–water partition coefficient (Wildman–Crippen LogP) is 1.74. The number of rotatable bonds is 5. The summed E-state index contributed by atoms with van der Waals surface area (Å²) in [7, 11) is 0. The minimum Gasteiger partial charge on any atom is -0.448 e. The number of benzene rings is 1. The third-order valence-electron chi connectivity index (χ3n) is 3.78. The van der Waals surface area contributed by atoms with Crippen LogP contribution in [0.4, 0.5) is 4.39 Å². The molecule has 114 valence electrons. The fourth-order valence-electron chi connectivity index (χ4n) is 2.16. The van der Waals surface area contributed by atoms with Crippen molar-refractivity contribution in [3.05, 3.63) is 35.3 Å². The van der Waals surface area contributed by atoms with Crippen molar-refractivity contribution in [1.29, 1.82) is 0 Å². The summed E-state index contributed by atoms with van der Waals surface area (Å²) in [6, 6.07) is 4.46. The number of aliphatic hydroxyl groups is 2. The number of amides is 1. The molecule has 0 aliphatic rings. The zero-order valence-corrected chi connectivity index (χ0v) is 11.9. The topological polar surface area (TPSA) is 82.7 Å². The van der Waals surface area contributed by atoms with Gasteiger partial charge in [0.05, 0.1) is 18.8 Å². The molecule has 0 aliphatic carbocycles. The standard InChI is InChI=1S/C15H18FNO4/c1-3-15(7-18,8-19)17-14(20)12-9(2)10-5-4-6-11(16)13(10)21-12/h4-6,18-19H,3,7-8H2,1-2H3,(H,17,20). The van der Waals surface area contributed by atoms with Crippen LogP contribution in [0.5, 0.6) is 0 Å². The van der Waals surface area contributed by atoms with Crippen LogP contribution < -0.4 is 5.32 Å². The smallest absolute Gasteiger partial charge is 0.287 e. The second kappa shape index (κ2) is 5.83. The molecule has 5 nitrogen and oxygen atoms in total. The van der Waals surface area contributed by atoms with E-state index in [0.717, 1.165) is 0 Å². The van der Waals surface area contributed by atoms with Crippen LogP contribution in [0, 0.1) is 12.7 Å². The molecule has 0 fully saturated rings. The van der Waals surface area contributed by atoms with Crippen LogP contribution in [0.15, 0.2) is 22.6 Å². The average molecular weight is 295 g/mol. The van der Waals surface area contributed by atoms with Crippen molar-refractivity contribution in [3.63, 3.8) is 0 Å². The third-order valence-corrected chi connectivity index (χ3v) is 3.78. The van der Waals surface area contributed by atoms with Gasteiger partial charge in [0.2, 0.25) is 0 Å². The van der Waals surface area contributed by atoms with Gasteiger partial charge in [-0.25, -0.2) is 4.39 Å². The van der Waals surface area contributed by atoms with Crippen molar-refractivity contribution in [3.8, 4) is 0 Å². The fourth-order valence-corrected chi connectivity index (χ4v) is 2.16. The number of aliphatic hydroxyl groups excluding tert-OH is 2. The van der Waals surface area contributed by atoms with Crippen molar-refractivity contribution in [2.24, 2.45) is 0 Å². The van der Waals surface area contributed by atoms with Gasteiger partial charge in [0.1, 0.15) is 0 Å². The van der Waals surface area contributed by atoms with Crippen LogP contribution in [0.1, 0.15) is 29.5 Å². The van der Waals surface area contributed by atoms with Crippen LogP contribution in [-0.2, 0) is 0 Å². The van der Waals surface area contributed by atoms with Crippen LogP contribution >= 0.6 is 0 Å². The van der Waals surface area contributed by atoms with Crippen molar-refractivity contribution < 1.29 is 23.8 Å². The van der Waals surface area contributed by atoms with Gasteiger partial charge in [-0.2, -0.15) is 0 Å². The molecule has 1 aromatic carbocycles. The van der Waals surface area contributed by atoms with E-state index in [4.69, 9.17) is 4.42 Å². The predicted molar refractivity (Wildman–Crippen MR) is 75.6 cm³/mol. The largest absolute Gasteiger partial charge is 0.448 e. The highest BCUT2D eigenvalue weighted by Crippen LogP contribution is 2.27.